The summed E-state index contributed by atoms with van der Waals surface area (Å²) in [5.74, 6) is -0.146. The van der Waals surface area contributed by atoms with Gasteiger partial charge in [0.2, 0.25) is 0 Å². The third-order valence-corrected chi connectivity index (χ3v) is 2.16. The molecule has 0 aromatic carbocycles. The van der Waals surface area contributed by atoms with Gasteiger partial charge >= 0.3 is 5.97 Å². The van der Waals surface area contributed by atoms with Crippen LogP contribution in [0.25, 0.3) is 0 Å². The van der Waals surface area contributed by atoms with Gasteiger partial charge in [-0.15, -0.1) is 0 Å². The second-order valence-corrected chi connectivity index (χ2v) is 2.95. The molecule has 0 radical (unpaired) electrons. The summed E-state index contributed by atoms with van der Waals surface area (Å²) in [6, 6.07) is 0.0362. The van der Waals surface area contributed by atoms with Crippen LogP contribution in [0.5, 0.6) is 0 Å². The van der Waals surface area contributed by atoms with Gasteiger partial charge in [-0.2, -0.15) is 0 Å². The molecule has 0 aromatic heterocycles. The molecule has 64 valence electrons. The Balaban J connectivity index is 2.39. The first kappa shape index (κ1) is 8.53. The summed E-state index contributed by atoms with van der Waals surface area (Å²) in [5, 5.41) is 0. The van der Waals surface area contributed by atoms with Crippen LogP contribution in [0.2, 0.25) is 0 Å². The minimum Gasteiger partial charge on any atom is -0.466 e. The molecule has 3 heteroatoms. The molecular weight excluding hydrogens is 142 g/mol. The van der Waals surface area contributed by atoms with Crippen molar-refractivity contribution in [1.29, 1.82) is 0 Å². The molecule has 0 aromatic rings. The van der Waals surface area contributed by atoms with Gasteiger partial charge in [-0.05, 0) is 19.8 Å². The van der Waals surface area contributed by atoms with E-state index < -0.39 is 0 Å². The molecule has 1 unspecified atom stereocenters. The van der Waals surface area contributed by atoms with Crippen LogP contribution >= 0.6 is 0 Å². The molecule has 1 aliphatic carbocycles. The molecule has 1 rings (SSSR count). The predicted octanol–water partition coefficient (Wildman–Crippen LogP) is 0.677. The van der Waals surface area contributed by atoms with Gasteiger partial charge in [0.25, 0.3) is 0 Å². The fraction of sp³-hybridized carbons (Fsp3) is 0.875. The van der Waals surface area contributed by atoms with E-state index in [4.69, 9.17) is 10.5 Å². The highest BCUT2D eigenvalue weighted by atomic mass is 16.5. The second kappa shape index (κ2) is 3.72. The van der Waals surface area contributed by atoms with Crippen molar-refractivity contribution in [1.82, 2.24) is 0 Å². The van der Waals surface area contributed by atoms with Gasteiger partial charge in [-0.25, -0.2) is 0 Å². The van der Waals surface area contributed by atoms with Gasteiger partial charge in [0.05, 0.1) is 12.5 Å². The van der Waals surface area contributed by atoms with Crippen LogP contribution in [-0.4, -0.2) is 18.6 Å². The highest BCUT2D eigenvalue weighted by molar-refractivity contribution is 5.73. The minimum absolute atomic E-state index is 0.0325. The van der Waals surface area contributed by atoms with E-state index in [9.17, 15) is 4.79 Å². The van der Waals surface area contributed by atoms with E-state index in [1.807, 2.05) is 6.92 Å². The zero-order chi connectivity index (χ0) is 8.27. The largest absolute Gasteiger partial charge is 0.466 e. The first-order valence-electron chi connectivity index (χ1n) is 4.18. The van der Waals surface area contributed by atoms with E-state index in [0.717, 1.165) is 19.3 Å². The number of hydrogen-bond donors (Lipinski definition) is 1. The third-order valence-electron chi connectivity index (χ3n) is 2.16. The Morgan fingerprint density at radius 1 is 1.64 bits per heavy atom. The van der Waals surface area contributed by atoms with Crippen molar-refractivity contribution in [2.24, 2.45) is 11.7 Å². The Kier molecular flexibility index (Phi) is 2.88. The second-order valence-electron chi connectivity index (χ2n) is 2.95. The number of ether oxygens (including phenoxy) is 1. The normalized spacial score (nSPS) is 30.4. The SMILES string of the molecule is CCOC(=O)C1CCC[C@H]1N. The van der Waals surface area contributed by atoms with Crippen molar-refractivity contribution >= 4 is 5.97 Å². The summed E-state index contributed by atoms with van der Waals surface area (Å²) in [7, 11) is 0. The van der Waals surface area contributed by atoms with Crippen LogP contribution in [0, 0.1) is 5.92 Å². The van der Waals surface area contributed by atoms with E-state index in [2.05, 4.69) is 0 Å². The lowest BCUT2D eigenvalue weighted by Gasteiger charge is -2.12. The number of rotatable bonds is 2. The number of nitrogens with two attached hydrogens (primary N) is 1. The van der Waals surface area contributed by atoms with E-state index >= 15 is 0 Å². The number of carbonyl (C=O) groups excluding carboxylic acids is 1. The van der Waals surface area contributed by atoms with Gasteiger partial charge < -0.3 is 10.5 Å². The Morgan fingerprint density at radius 3 is 2.82 bits per heavy atom. The molecule has 0 amide bonds. The van der Waals surface area contributed by atoms with Gasteiger partial charge in [0.1, 0.15) is 0 Å². The van der Waals surface area contributed by atoms with Crippen LogP contribution in [0.1, 0.15) is 26.2 Å². The lowest BCUT2D eigenvalue weighted by atomic mass is 10.1. The summed E-state index contributed by atoms with van der Waals surface area (Å²) < 4.78 is 4.88. The molecule has 1 saturated carbocycles. The van der Waals surface area contributed by atoms with Crippen molar-refractivity contribution < 1.29 is 9.53 Å². The van der Waals surface area contributed by atoms with E-state index in [0.29, 0.717) is 6.61 Å². The monoisotopic (exact) mass is 157 g/mol. The molecule has 2 atom stereocenters. The zero-order valence-electron chi connectivity index (χ0n) is 6.88. The summed E-state index contributed by atoms with van der Waals surface area (Å²) in [6.45, 7) is 2.28. The highest BCUT2D eigenvalue weighted by Gasteiger charge is 2.31. The Morgan fingerprint density at radius 2 is 2.36 bits per heavy atom. The molecule has 0 aliphatic heterocycles. The number of esters is 1. The van der Waals surface area contributed by atoms with Crippen molar-refractivity contribution in [3.63, 3.8) is 0 Å². The smallest absolute Gasteiger partial charge is 0.310 e. The predicted molar refractivity (Wildman–Crippen MR) is 41.9 cm³/mol. The highest BCUT2D eigenvalue weighted by Crippen LogP contribution is 2.24. The number of hydrogen-bond acceptors (Lipinski definition) is 3. The van der Waals surface area contributed by atoms with E-state index in [1.165, 1.54) is 0 Å². The quantitative estimate of drug-likeness (QED) is 0.599. The first-order chi connectivity index (χ1) is 5.25. The maximum absolute atomic E-state index is 11.2. The molecule has 0 saturated heterocycles. The molecule has 0 heterocycles. The number of carbonyl (C=O) groups is 1. The molecule has 1 fully saturated rings. The molecule has 11 heavy (non-hydrogen) atoms. The van der Waals surface area contributed by atoms with Crippen molar-refractivity contribution in [2.75, 3.05) is 6.61 Å². The first-order valence-corrected chi connectivity index (χ1v) is 4.18. The average Bonchev–Trinajstić information content (AvgIpc) is 2.36. The van der Waals surface area contributed by atoms with Crippen LogP contribution in [-0.2, 0) is 9.53 Å². The Bertz CT molecular complexity index is 147. The maximum atomic E-state index is 11.2. The Hall–Kier alpha value is -0.570. The summed E-state index contributed by atoms with van der Waals surface area (Å²) in [6.07, 6.45) is 2.92. The van der Waals surface area contributed by atoms with Crippen molar-refractivity contribution in [3.8, 4) is 0 Å². The minimum atomic E-state index is -0.113. The summed E-state index contributed by atoms with van der Waals surface area (Å²) in [4.78, 5) is 11.2. The topological polar surface area (TPSA) is 52.3 Å². The van der Waals surface area contributed by atoms with Crippen molar-refractivity contribution in [2.45, 2.75) is 32.2 Å². The lowest BCUT2D eigenvalue weighted by molar-refractivity contribution is -0.148. The average molecular weight is 157 g/mol. The molecule has 1 aliphatic rings. The Labute approximate surface area is 66.9 Å². The zero-order valence-corrected chi connectivity index (χ0v) is 6.88. The summed E-state index contributed by atoms with van der Waals surface area (Å²) >= 11 is 0. The lowest BCUT2D eigenvalue weighted by Crippen LogP contribution is -2.31. The molecule has 2 N–H and O–H groups in total. The van der Waals surface area contributed by atoms with Crippen LogP contribution in [0.15, 0.2) is 0 Å². The molecule has 3 nitrogen and oxygen atoms in total. The molecule has 0 bridgehead atoms. The fourth-order valence-electron chi connectivity index (χ4n) is 1.53. The van der Waals surface area contributed by atoms with Gasteiger partial charge in [-0.3, -0.25) is 4.79 Å². The fourth-order valence-corrected chi connectivity index (χ4v) is 1.53. The third kappa shape index (κ3) is 1.93. The van der Waals surface area contributed by atoms with Crippen LogP contribution in [0.3, 0.4) is 0 Å². The van der Waals surface area contributed by atoms with E-state index in [1.54, 1.807) is 0 Å². The van der Waals surface area contributed by atoms with Crippen molar-refractivity contribution in [3.05, 3.63) is 0 Å². The van der Waals surface area contributed by atoms with Gasteiger partial charge in [-0.1, -0.05) is 6.42 Å². The molecular formula is C8H15NO2. The van der Waals surface area contributed by atoms with Gasteiger partial charge in [0.15, 0.2) is 0 Å². The van der Waals surface area contributed by atoms with Crippen LogP contribution < -0.4 is 5.73 Å². The standard InChI is InChI=1S/C8H15NO2/c1-2-11-8(10)6-4-3-5-7(6)9/h6-7H,2-5,9H2,1H3/t6?,7-/m1/s1. The van der Waals surface area contributed by atoms with E-state index in [-0.39, 0.29) is 17.9 Å². The maximum Gasteiger partial charge on any atom is 0.310 e. The van der Waals surface area contributed by atoms with Gasteiger partial charge in [0, 0.05) is 6.04 Å². The molecule has 0 spiro atoms. The summed E-state index contributed by atoms with van der Waals surface area (Å²) in [5.41, 5.74) is 5.71. The van der Waals surface area contributed by atoms with Crippen LogP contribution in [0.4, 0.5) is 0 Å².